The third kappa shape index (κ3) is 3.40. The SMILES string of the molecule is C[C@@H](Nc1cccc2c1OCCO2)C(=O)Nc1cc(F)ccc1F. The highest BCUT2D eigenvalue weighted by atomic mass is 19.1. The summed E-state index contributed by atoms with van der Waals surface area (Å²) in [5.41, 5.74) is 0.387. The van der Waals surface area contributed by atoms with E-state index in [1.165, 1.54) is 0 Å². The van der Waals surface area contributed by atoms with Gasteiger partial charge in [0.25, 0.3) is 0 Å². The molecule has 0 aliphatic carbocycles. The van der Waals surface area contributed by atoms with Gasteiger partial charge in [0.15, 0.2) is 11.5 Å². The Bertz CT molecular complexity index is 767. The maximum Gasteiger partial charge on any atom is 0.246 e. The maximum absolute atomic E-state index is 13.6. The summed E-state index contributed by atoms with van der Waals surface area (Å²) in [6.45, 7) is 2.49. The van der Waals surface area contributed by atoms with E-state index in [0.717, 1.165) is 18.2 Å². The van der Waals surface area contributed by atoms with Crippen molar-refractivity contribution >= 4 is 17.3 Å². The van der Waals surface area contributed by atoms with E-state index >= 15 is 0 Å². The molecule has 2 aromatic rings. The number of halogens is 2. The van der Waals surface area contributed by atoms with Gasteiger partial charge in [-0.15, -0.1) is 0 Å². The fourth-order valence-electron chi connectivity index (χ4n) is 2.32. The topological polar surface area (TPSA) is 59.6 Å². The first-order valence-corrected chi connectivity index (χ1v) is 7.45. The molecule has 1 heterocycles. The van der Waals surface area contributed by atoms with E-state index < -0.39 is 23.6 Å². The lowest BCUT2D eigenvalue weighted by Crippen LogP contribution is -2.32. The van der Waals surface area contributed by atoms with Crippen LogP contribution in [-0.4, -0.2) is 25.2 Å². The highest BCUT2D eigenvalue weighted by molar-refractivity contribution is 5.96. The van der Waals surface area contributed by atoms with Crippen LogP contribution in [0.25, 0.3) is 0 Å². The van der Waals surface area contributed by atoms with Gasteiger partial charge in [0.1, 0.15) is 30.9 Å². The molecule has 5 nitrogen and oxygen atoms in total. The minimum atomic E-state index is -0.704. The Balaban J connectivity index is 1.72. The Labute approximate surface area is 137 Å². The lowest BCUT2D eigenvalue weighted by Gasteiger charge is -2.23. The number of hydrogen-bond donors (Lipinski definition) is 2. The molecule has 1 aliphatic heterocycles. The zero-order valence-corrected chi connectivity index (χ0v) is 12.9. The number of carbonyl (C=O) groups excluding carboxylic acids is 1. The molecule has 3 rings (SSSR count). The number of carbonyl (C=O) groups is 1. The Kier molecular flexibility index (Phi) is 4.50. The van der Waals surface area contributed by atoms with Gasteiger partial charge < -0.3 is 20.1 Å². The molecule has 0 spiro atoms. The number of amides is 1. The second-order valence-electron chi connectivity index (χ2n) is 5.31. The molecule has 0 unspecified atom stereocenters. The molecular weight excluding hydrogens is 318 g/mol. The lowest BCUT2D eigenvalue weighted by atomic mass is 10.2. The van der Waals surface area contributed by atoms with Crippen LogP contribution in [0.1, 0.15) is 6.92 Å². The molecule has 1 atom stereocenters. The molecule has 0 saturated carbocycles. The van der Waals surface area contributed by atoms with Gasteiger partial charge in [0.2, 0.25) is 5.91 Å². The average Bonchev–Trinajstić information content (AvgIpc) is 2.58. The van der Waals surface area contributed by atoms with Crippen molar-refractivity contribution in [1.82, 2.24) is 0 Å². The molecule has 24 heavy (non-hydrogen) atoms. The van der Waals surface area contributed by atoms with Gasteiger partial charge in [-0.1, -0.05) is 6.07 Å². The Morgan fingerprint density at radius 2 is 1.92 bits per heavy atom. The van der Waals surface area contributed by atoms with Crippen molar-refractivity contribution in [2.75, 3.05) is 23.8 Å². The van der Waals surface area contributed by atoms with Crippen LogP contribution in [0.5, 0.6) is 11.5 Å². The fourth-order valence-corrected chi connectivity index (χ4v) is 2.32. The lowest BCUT2D eigenvalue weighted by molar-refractivity contribution is -0.116. The van der Waals surface area contributed by atoms with E-state index in [-0.39, 0.29) is 5.69 Å². The number of ether oxygens (including phenoxy) is 2. The summed E-state index contributed by atoms with van der Waals surface area (Å²) in [7, 11) is 0. The van der Waals surface area contributed by atoms with Crippen molar-refractivity contribution in [2.45, 2.75) is 13.0 Å². The first-order valence-electron chi connectivity index (χ1n) is 7.45. The number of rotatable bonds is 4. The smallest absolute Gasteiger partial charge is 0.246 e. The van der Waals surface area contributed by atoms with Crippen LogP contribution in [0.15, 0.2) is 36.4 Å². The minimum absolute atomic E-state index is 0.205. The van der Waals surface area contributed by atoms with E-state index in [9.17, 15) is 13.6 Å². The summed E-state index contributed by atoms with van der Waals surface area (Å²) in [6, 6.07) is 7.47. The molecule has 126 valence electrons. The van der Waals surface area contributed by atoms with Gasteiger partial charge >= 0.3 is 0 Å². The normalized spacial score (nSPS) is 14.0. The van der Waals surface area contributed by atoms with E-state index in [0.29, 0.717) is 30.4 Å². The molecule has 0 saturated heterocycles. The van der Waals surface area contributed by atoms with Crippen molar-refractivity contribution in [3.63, 3.8) is 0 Å². The Morgan fingerprint density at radius 3 is 2.75 bits per heavy atom. The van der Waals surface area contributed by atoms with E-state index in [1.54, 1.807) is 25.1 Å². The maximum atomic E-state index is 13.6. The van der Waals surface area contributed by atoms with Crippen LogP contribution in [-0.2, 0) is 4.79 Å². The van der Waals surface area contributed by atoms with Gasteiger partial charge in [-0.3, -0.25) is 4.79 Å². The van der Waals surface area contributed by atoms with Crippen LogP contribution >= 0.6 is 0 Å². The summed E-state index contributed by atoms with van der Waals surface area (Å²) in [6.07, 6.45) is 0. The Hall–Kier alpha value is -2.83. The third-order valence-corrected chi connectivity index (χ3v) is 3.52. The van der Waals surface area contributed by atoms with Crippen molar-refractivity contribution in [3.8, 4) is 11.5 Å². The van der Waals surface area contributed by atoms with Crippen molar-refractivity contribution in [3.05, 3.63) is 48.0 Å². The molecule has 1 aliphatic rings. The second-order valence-corrected chi connectivity index (χ2v) is 5.31. The zero-order chi connectivity index (χ0) is 17.1. The molecule has 2 N–H and O–H groups in total. The van der Waals surface area contributed by atoms with Crippen molar-refractivity contribution in [1.29, 1.82) is 0 Å². The van der Waals surface area contributed by atoms with Gasteiger partial charge in [-0.2, -0.15) is 0 Å². The minimum Gasteiger partial charge on any atom is -0.486 e. The monoisotopic (exact) mass is 334 g/mol. The van der Waals surface area contributed by atoms with Gasteiger partial charge in [0, 0.05) is 6.07 Å². The number of hydrogen-bond acceptors (Lipinski definition) is 4. The highest BCUT2D eigenvalue weighted by Crippen LogP contribution is 2.37. The summed E-state index contributed by atoms with van der Waals surface area (Å²) < 4.78 is 37.8. The molecule has 0 radical (unpaired) electrons. The molecule has 7 heteroatoms. The summed E-state index contributed by atoms with van der Waals surface area (Å²) in [5, 5.41) is 5.35. The van der Waals surface area contributed by atoms with Gasteiger partial charge in [-0.25, -0.2) is 8.78 Å². The Morgan fingerprint density at radius 1 is 1.12 bits per heavy atom. The molecular formula is C17H16F2N2O3. The van der Waals surface area contributed by atoms with Crippen LogP contribution in [0.2, 0.25) is 0 Å². The quantitative estimate of drug-likeness (QED) is 0.902. The van der Waals surface area contributed by atoms with E-state index in [1.807, 2.05) is 0 Å². The van der Waals surface area contributed by atoms with Crippen LogP contribution in [0.4, 0.5) is 20.2 Å². The van der Waals surface area contributed by atoms with Crippen LogP contribution in [0.3, 0.4) is 0 Å². The first-order chi connectivity index (χ1) is 11.5. The van der Waals surface area contributed by atoms with Gasteiger partial charge in [-0.05, 0) is 31.2 Å². The largest absolute Gasteiger partial charge is 0.486 e. The predicted molar refractivity (Wildman–Crippen MR) is 85.5 cm³/mol. The summed E-state index contributed by atoms with van der Waals surface area (Å²) in [4.78, 5) is 12.2. The predicted octanol–water partition coefficient (Wildman–Crippen LogP) is 3.18. The molecule has 0 fully saturated rings. The number of nitrogens with one attached hydrogen (secondary N) is 2. The first kappa shape index (κ1) is 16.0. The van der Waals surface area contributed by atoms with Gasteiger partial charge in [0.05, 0.1) is 11.4 Å². The standard InChI is InChI=1S/C17H16F2N2O3/c1-10(17(22)21-14-9-11(18)5-6-12(14)19)20-13-3-2-4-15-16(13)24-8-7-23-15/h2-6,9-10,20H,7-8H2,1H3,(H,21,22)/t10-/m1/s1. The molecule has 0 aromatic heterocycles. The number of benzene rings is 2. The number of para-hydroxylation sites is 1. The fraction of sp³-hybridized carbons (Fsp3) is 0.235. The summed E-state index contributed by atoms with van der Waals surface area (Å²) >= 11 is 0. The zero-order valence-electron chi connectivity index (χ0n) is 12.9. The van der Waals surface area contributed by atoms with E-state index in [2.05, 4.69) is 10.6 Å². The average molecular weight is 334 g/mol. The number of fused-ring (bicyclic) bond motifs is 1. The van der Waals surface area contributed by atoms with E-state index in [4.69, 9.17) is 9.47 Å². The summed E-state index contributed by atoms with van der Waals surface area (Å²) in [5.74, 6) is -0.718. The second kappa shape index (κ2) is 6.74. The van der Waals surface area contributed by atoms with Crippen molar-refractivity contribution < 1.29 is 23.0 Å². The van der Waals surface area contributed by atoms with Crippen LogP contribution < -0.4 is 20.1 Å². The molecule has 0 bridgehead atoms. The van der Waals surface area contributed by atoms with Crippen LogP contribution in [0, 0.1) is 11.6 Å². The number of anilines is 2. The molecule has 1 amide bonds. The molecule has 2 aromatic carbocycles. The highest BCUT2D eigenvalue weighted by Gasteiger charge is 2.20. The third-order valence-electron chi connectivity index (χ3n) is 3.52. The van der Waals surface area contributed by atoms with Crippen molar-refractivity contribution in [2.24, 2.45) is 0 Å².